The molecular weight excluding hydrogens is 276 g/mol. The van der Waals surface area contributed by atoms with Gasteiger partial charge in [-0.2, -0.15) is 5.10 Å². The molecule has 20 heavy (non-hydrogen) atoms. The van der Waals surface area contributed by atoms with Crippen LogP contribution in [0.5, 0.6) is 0 Å². The molecule has 102 valence electrons. The lowest BCUT2D eigenvalue weighted by atomic mass is 9.95. The number of aryl methyl sites for hydroxylation is 1. The van der Waals surface area contributed by atoms with Crippen molar-refractivity contribution in [3.8, 4) is 0 Å². The summed E-state index contributed by atoms with van der Waals surface area (Å²) in [7, 11) is 0. The summed E-state index contributed by atoms with van der Waals surface area (Å²) in [6.07, 6.45) is 1.40. The Kier molecular flexibility index (Phi) is 3.14. The van der Waals surface area contributed by atoms with Gasteiger partial charge in [0.25, 0.3) is 0 Å². The standard InChI is InChI=1S/C14H13ClN4O/c1-8-4-3-5-11(18-8)13(20)10-6-19-12(9(10)2)14(15)16-7-17-19/h3-5,7,10H,6H2,1-2H3. The van der Waals surface area contributed by atoms with Crippen molar-refractivity contribution in [2.75, 3.05) is 6.54 Å². The van der Waals surface area contributed by atoms with E-state index in [9.17, 15) is 4.79 Å². The maximum absolute atomic E-state index is 12.6. The maximum atomic E-state index is 12.6. The van der Waals surface area contributed by atoms with Crippen LogP contribution < -0.4 is 0 Å². The van der Waals surface area contributed by atoms with Crippen LogP contribution in [0.4, 0.5) is 0 Å². The first kappa shape index (κ1) is 13.0. The lowest BCUT2D eigenvalue weighted by Crippen LogP contribution is -2.24. The molecule has 2 aliphatic heterocycles. The third kappa shape index (κ3) is 2.04. The predicted molar refractivity (Wildman–Crippen MR) is 78.0 cm³/mol. The van der Waals surface area contributed by atoms with Crippen molar-refractivity contribution in [1.82, 2.24) is 9.99 Å². The van der Waals surface area contributed by atoms with Crippen LogP contribution in [-0.2, 0) is 0 Å². The molecule has 6 heteroatoms. The summed E-state index contributed by atoms with van der Waals surface area (Å²) >= 11 is 6.09. The predicted octanol–water partition coefficient (Wildman–Crippen LogP) is 2.37. The molecule has 1 aromatic rings. The number of hydrogen-bond donors (Lipinski definition) is 0. The highest BCUT2D eigenvalue weighted by Crippen LogP contribution is 2.33. The summed E-state index contributed by atoms with van der Waals surface area (Å²) in [6.45, 7) is 4.25. The van der Waals surface area contributed by atoms with Crippen molar-refractivity contribution in [3.05, 3.63) is 40.9 Å². The van der Waals surface area contributed by atoms with Gasteiger partial charge in [0.1, 0.15) is 12.0 Å². The molecule has 0 radical (unpaired) electrons. The van der Waals surface area contributed by atoms with Gasteiger partial charge in [0.15, 0.2) is 11.0 Å². The highest BCUT2D eigenvalue weighted by Gasteiger charge is 2.37. The fraction of sp³-hybridized carbons (Fsp3) is 0.286. The van der Waals surface area contributed by atoms with Crippen molar-refractivity contribution in [1.29, 1.82) is 0 Å². The number of Topliss-reactive ketones (excluding diaryl/α,β-unsaturated/α-hetero) is 1. The first-order valence-electron chi connectivity index (χ1n) is 6.30. The largest absolute Gasteiger partial charge is 0.292 e. The van der Waals surface area contributed by atoms with E-state index in [0.717, 1.165) is 17.0 Å². The second-order valence-corrected chi connectivity index (χ2v) is 5.20. The molecule has 0 spiro atoms. The second-order valence-electron chi connectivity index (χ2n) is 4.85. The van der Waals surface area contributed by atoms with Crippen LogP contribution in [0.25, 0.3) is 0 Å². The molecule has 0 aromatic carbocycles. The van der Waals surface area contributed by atoms with Gasteiger partial charge in [0.2, 0.25) is 0 Å². The van der Waals surface area contributed by atoms with E-state index in [1.807, 2.05) is 26.0 Å². The van der Waals surface area contributed by atoms with Crippen LogP contribution in [0.1, 0.15) is 23.1 Å². The topological polar surface area (TPSA) is 57.9 Å². The van der Waals surface area contributed by atoms with Gasteiger partial charge in [0.05, 0.1) is 18.2 Å². The quantitative estimate of drug-likeness (QED) is 0.785. The molecule has 3 rings (SSSR count). The zero-order valence-corrected chi connectivity index (χ0v) is 11.9. The van der Waals surface area contributed by atoms with E-state index in [2.05, 4.69) is 15.1 Å². The molecule has 0 aliphatic carbocycles. The van der Waals surface area contributed by atoms with Crippen LogP contribution >= 0.6 is 11.6 Å². The average molecular weight is 289 g/mol. The third-order valence-corrected chi connectivity index (χ3v) is 3.80. The molecule has 0 bridgehead atoms. The number of pyridine rings is 1. The van der Waals surface area contributed by atoms with Crippen LogP contribution in [0, 0.1) is 12.8 Å². The van der Waals surface area contributed by atoms with E-state index in [1.54, 1.807) is 11.1 Å². The minimum Gasteiger partial charge on any atom is -0.292 e. The second kappa shape index (κ2) is 4.83. The molecule has 0 amide bonds. The number of aliphatic imine (C=N–C) groups is 1. The lowest BCUT2D eigenvalue weighted by Gasteiger charge is -2.17. The fourth-order valence-corrected chi connectivity index (χ4v) is 2.77. The Morgan fingerprint density at radius 1 is 1.40 bits per heavy atom. The van der Waals surface area contributed by atoms with Gasteiger partial charge < -0.3 is 0 Å². The van der Waals surface area contributed by atoms with Crippen LogP contribution in [0.2, 0.25) is 0 Å². The number of rotatable bonds is 2. The van der Waals surface area contributed by atoms with Gasteiger partial charge >= 0.3 is 0 Å². The number of aromatic nitrogens is 1. The number of carbonyl (C=O) groups excluding carboxylic acids is 1. The number of carbonyl (C=O) groups is 1. The normalized spacial score (nSPS) is 21.1. The summed E-state index contributed by atoms with van der Waals surface area (Å²) in [4.78, 5) is 20.9. The van der Waals surface area contributed by atoms with Gasteiger partial charge in [-0.15, -0.1) is 0 Å². The van der Waals surface area contributed by atoms with Crippen molar-refractivity contribution in [3.63, 3.8) is 0 Å². The summed E-state index contributed by atoms with van der Waals surface area (Å²) in [6, 6.07) is 5.45. The average Bonchev–Trinajstić information content (AvgIpc) is 2.76. The molecule has 0 fully saturated rings. The van der Waals surface area contributed by atoms with E-state index in [0.29, 0.717) is 17.4 Å². The molecular formula is C14H13ClN4O. The number of hydrazone groups is 1. The summed E-state index contributed by atoms with van der Waals surface area (Å²) < 4.78 is 0. The Morgan fingerprint density at radius 2 is 2.20 bits per heavy atom. The Balaban J connectivity index is 1.95. The van der Waals surface area contributed by atoms with Crippen molar-refractivity contribution in [2.24, 2.45) is 16.0 Å². The Morgan fingerprint density at radius 3 is 2.90 bits per heavy atom. The van der Waals surface area contributed by atoms with Crippen molar-refractivity contribution < 1.29 is 4.79 Å². The third-order valence-electron chi connectivity index (χ3n) is 3.52. The van der Waals surface area contributed by atoms with E-state index < -0.39 is 0 Å². The number of ketones is 1. The number of hydrogen-bond acceptors (Lipinski definition) is 5. The van der Waals surface area contributed by atoms with Crippen LogP contribution in [0.3, 0.4) is 0 Å². The van der Waals surface area contributed by atoms with Gasteiger partial charge in [0, 0.05) is 5.69 Å². The molecule has 0 saturated carbocycles. The molecule has 3 heterocycles. The minimum atomic E-state index is -0.279. The maximum Gasteiger partial charge on any atom is 0.190 e. The summed E-state index contributed by atoms with van der Waals surface area (Å²) in [5.41, 5.74) is 2.94. The zero-order valence-electron chi connectivity index (χ0n) is 11.2. The Hall–Kier alpha value is -2.01. The monoisotopic (exact) mass is 288 g/mol. The molecule has 0 N–H and O–H groups in total. The van der Waals surface area contributed by atoms with E-state index in [4.69, 9.17) is 11.6 Å². The summed E-state index contributed by atoms with van der Waals surface area (Å²) in [5.74, 6) is -0.286. The number of fused-ring (bicyclic) bond motifs is 1. The molecule has 1 atom stereocenters. The van der Waals surface area contributed by atoms with E-state index >= 15 is 0 Å². The van der Waals surface area contributed by atoms with E-state index in [1.165, 1.54) is 6.34 Å². The first-order valence-corrected chi connectivity index (χ1v) is 6.68. The van der Waals surface area contributed by atoms with Crippen LogP contribution in [-0.4, -0.2) is 33.8 Å². The summed E-state index contributed by atoms with van der Waals surface area (Å²) in [5, 5.41) is 6.25. The molecule has 5 nitrogen and oxygen atoms in total. The smallest absolute Gasteiger partial charge is 0.190 e. The van der Waals surface area contributed by atoms with Crippen molar-refractivity contribution in [2.45, 2.75) is 13.8 Å². The SMILES string of the molecule is CC1=C2C(Cl)=NC=NN2CC1C(=O)c1cccc(C)n1. The molecule has 1 unspecified atom stereocenters. The van der Waals surface area contributed by atoms with Gasteiger partial charge in [-0.1, -0.05) is 17.7 Å². The number of allylic oxidation sites excluding steroid dienone is 1. The van der Waals surface area contributed by atoms with Gasteiger partial charge in [-0.25, -0.2) is 4.99 Å². The lowest BCUT2D eigenvalue weighted by molar-refractivity contribution is 0.0928. The van der Waals surface area contributed by atoms with Gasteiger partial charge in [-0.05, 0) is 31.6 Å². The number of nitrogens with zero attached hydrogens (tertiary/aromatic N) is 4. The van der Waals surface area contributed by atoms with Crippen LogP contribution in [0.15, 0.2) is 39.6 Å². The highest BCUT2D eigenvalue weighted by atomic mass is 35.5. The first-order chi connectivity index (χ1) is 9.58. The molecule has 0 saturated heterocycles. The minimum absolute atomic E-state index is 0.00670. The Bertz CT molecular complexity index is 678. The number of halogens is 1. The van der Waals surface area contributed by atoms with Crippen molar-refractivity contribution >= 4 is 28.9 Å². The van der Waals surface area contributed by atoms with E-state index in [-0.39, 0.29) is 11.7 Å². The van der Waals surface area contributed by atoms with Gasteiger partial charge in [-0.3, -0.25) is 14.8 Å². The molecule has 1 aromatic heterocycles. The Labute approximate surface area is 121 Å². The highest BCUT2D eigenvalue weighted by molar-refractivity contribution is 6.70. The fourth-order valence-electron chi connectivity index (χ4n) is 2.48. The zero-order chi connectivity index (χ0) is 14.3. The molecule has 2 aliphatic rings.